The Kier molecular flexibility index (Phi) is 5.60. The molecule has 0 spiro atoms. The molecule has 1 nitrogen and oxygen atoms in total. The average Bonchev–Trinajstić information content (AvgIpc) is 2.35. The van der Waals surface area contributed by atoms with Gasteiger partial charge in [-0.2, -0.15) is 0 Å². The lowest BCUT2D eigenvalue weighted by Crippen LogP contribution is -2.37. The van der Waals surface area contributed by atoms with Crippen LogP contribution in [0.1, 0.15) is 61.0 Å². The lowest BCUT2D eigenvalue weighted by atomic mass is 10.0. The zero-order chi connectivity index (χ0) is 17.3. The molecule has 0 aliphatic rings. The molecule has 0 aliphatic heterocycles. The maximum Gasteiger partial charge on any atom is 0.139 e. The Hall–Kier alpha value is -0.760. The number of rotatable bonds is 4. The number of ketones is 1. The van der Waals surface area contributed by atoms with Gasteiger partial charge in [0.1, 0.15) is 5.78 Å². The third-order valence-corrected chi connectivity index (χ3v) is 11.0. The summed E-state index contributed by atoms with van der Waals surface area (Å²) in [6.07, 6.45) is 3.00. The standard InChI is InChI=1S/C20H34OS/c1-15(2)18(21)14-16-10-12-17(13-11-16)22(9,19(3,4)5)20(6,7)8/h10-13,15H,14H2,1-9H3. The first-order valence-corrected chi connectivity index (χ1v) is 10.2. The first-order chi connectivity index (χ1) is 9.80. The maximum absolute atomic E-state index is 11.9. The van der Waals surface area contributed by atoms with Gasteiger partial charge in [0.2, 0.25) is 0 Å². The lowest BCUT2D eigenvalue weighted by molar-refractivity contribution is -0.121. The highest BCUT2D eigenvalue weighted by Gasteiger charge is 2.43. The van der Waals surface area contributed by atoms with Crippen molar-refractivity contribution in [2.75, 3.05) is 6.26 Å². The highest BCUT2D eigenvalue weighted by atomic mass is 32.3. The fraction of sp³-hybridized carbons (Fsp3) is 0.650. The van der Waals surface area contributed by atoms with E-state index in [-0.39, 0.29) is 15.4 Å². The van der Waals surface area contributed by atoms with E-state index in [9.17, 15) is 4.79 Å². The predicted molar refractivity (Wildman–Crippen MR) is 101 cm³/mol. The zero-order valence-corrected chi connectivity index (χ0v) is 16.7. The van der Waals surface area contributed by atoms with Gasteiger partial charge in [0, 0.05) is 12.3 Å². The number of Topliss-reactive ketones (excluding diaryl/α,β-unsaturated/α-hetero) is 1. The molecule has 2 heteroatoms. The van der Waals surface area contributed by atoms with E-state index in [1.54, 1.807) is 0 Å². The van der Waals surface area contributed by atoms with E-state index < -0.39 is 10.0 Å². The Labute approximate surface area is 139 Å². The van der Waals surface area contributed by atoms with Crippen LogP contribution in [0.4, 0.5) is 0 Å². The maximum atomic E-state index is 11.9. The molecule has 126 valence electrons. The Bertz CT molecular complexity index is 498. The Balaban J connectivity index is 3.18. The van der Waals surface area contributed by atoms with E-state index in [2.05, 4.69) is 72.1 Å². The molecule has 1 aromatic rings. The number of benzene rings is 1. The monoisotopic (exact) mass is 322 g/mol. The normalized spacial score (nSPS) is 14.3. The summed E-state index contributed by atoms with van der Waals surface area (Å²) in [7, 11) is -0.997. The molecule has 0 bridgehead atoms. The molecule has 0 aliphatic carbocycles. The van der Waals surface area contributed by atoms with E-state index in [1.165, 1.54) is 4.90 Å². The van der Waals surface area contributed by atoms with Crippen LogP contribution in [0.5, 0.6) is 0 Å². The summed E-state index contributed by atoms with van der Waals surface area (Å²) in [5.41, 5.74) is 1.13. The lowest BCUT2D eigenvalue weighted by Gasteiger charge is -2.57. The predicted octanol–water partition coefficient (Wildman–Crippen LogP) is 5.84. The molecule has 0 amide bonds. The molecule has 1 rings (SSSR count). The van der Waals surface area contributed by atoms with E-state index in [0.717, 1.165) is 5.56 Å². The van der Waals surface area contributed by atoms with E-state index >= 15 is 0 Å². The van der Waals surface area contributed by atoms with Crippen molar-refractivity contribution in [3.05, 3.63) is 29.8 Å². The van der Waals surface area contributed by atoms with Crippen molar-refractivity contribution < 1.29 is 4.79 Å². The molecule has 22 heavy (non-hydrogen) atoms. The topological polar surface area (TPSA) is 17.1 Å². The fourth-order valence-corrected chi connectivity index (χ4v) is 6.84. The first kappa shape index (κ1) is 19.3. The van der Waals surface area contributed by atoms with Crippen molar-refractivity contribution in [3.8, 4) is 0 Å². The van der Waals surface area contributed by atoms with Gasteiger partial charge in [0.25, 0.3) is 0 Å². The van der Waals surface area contributed by atoms with Crippen molar-refractivity contribution in [1.82, 2.24) is 0 Å². The molecule has 0 atom stereocenters. The van der Waals surface area contributed by atoms with Gasteiger partial charge in [0.15, 0.2) is 0 Å². The minimum atomic E-state index is -0.997. The third-order valence-electron chi connectivity index (χ3n) is 4.87. The molecule has 0 N–H and O–H groups in total. The number of carbonyl (C=O) groups is 1. The zero-order valence-electron chi connectivity index (χ0n) is 15.9. The van der Waals surface area contributed by atoms with E-state index in [1.807, 2.05) is 13.8 Å². The highest BCUT2D eigenvalue weighted by Crippen LogP contribution is 2.70. The third kappa shape index (κ3) is 3.76. The van der Waals surface area contributed by atoms with Gasteiger partial charge in [-0.15, -0.1) is 0 Å². The molecule has 0 aromatic heterocycles. The van der Waals surface area contributed by atoms with Gasteiger partial charge in [-0.3, -0.25) is 4.79 Å². The summed E-state index contributed by atoms with van der Waals surface area (Å²) in [4.78, 5) is 13.4. The van der Waals surface area contributed by atoms with Crippen LogP contribution in [0.15, 0.2) is 29.2 Å². The highest BCUT2D eigenvalue weighted by molar-refractivity contribution is 8.35. The molecular formula is C20H34OS. The molecular weight excluding hydrogens is 288 g/mol. The SMILES string of the molecule is CC(C)C(=O)Cc1ccc(S(C)(C(C)(C)C)C(C)(C)C)cc1. The molecule has 0 radical (unpaired) electrons. The smallest absolute Gasteiger partial charge is 0.139 e. The van der Waals surface area contributed by atoms with E-state index in [4.69, 9.17) is 0 Å². The van der Waals surface area contributed by atoms with Crippen LogP contribution in [-0.2, 0) is 11.2 Å². The molecule has 0 saturated heterocycles. The molecule has 0 heterocycles. The first-order valence-electron chi connectivity index (χ1n) is 8.20. The van der Waals surface area contributed by atoms with Crippen LogP contribution in [0, 0.1) is 5.92 Å². The van der Waals surface area contributed by atoms with Gasteiger partial charge in [-0.1, -0.05) is 67.5 Å². The van der Waals surface area contributed by atoms with E-state index in [0.29, 0.717) is 12.2 Å². The van der Waals surface area contributed by atoms with Gasteiger partial charge in [-0.05, 0) is 38.3 Å². The quantitative estimate of drug-likeness (QED) is 0.680. The number of carbonyl (C=O) groups excluding carboxylic acids is 1. The van der Waals surface area contributed by atoms with Crippen molar-refractivity contribution in [3.63, 3.8) is 0 Å². The summed E-state index contributed by atoms with van der Waals surface area (Å²) in [5, 5.41) is 0. The second-order valence-electron chi connectivity index (χ2n) is 8.59. The Morgan fingerprint density at radius 1 is 0.955 bits per heavy atom. The summed E-state index contributed by atoms with van der Waals surface area (Å²) >= 11 is 0. The van der Waals surface area contributed by atoms with Crippen molar-refractivity contribution in [2.24, 2.45) is 5.92 Å². The van der Waals surface area contributed by atoms with Gasteiger partial charge in [0.05, 0.1) is 0 Å². The fourth-order valence-electron chi connectivity index (χ4n) is 2.91. The molecule has 0 saturated carbocycles. The van der Waals surface area contributed by atoms with Crippen LogP contribution in [-0.4, -0.2) is 21.5 Å². The van der Waals surface area contributed by atoms with Crippen LogP contribution >= 0.6 is 10.0 Å². The summed E-state index contributed by atoms with van der Waals surface area (Å²) in [6, 6.07) is 8.82. The van der Waals surface area contributed by atoms with Crippen molar-refractivity contribution >= 4 is 15.8 Å². The summed E-state index contributed by atoms with van der Waals surface area (Å²) in [5.74, 6) is 0.425. The second-order valence-corrected chi connectivity index (χ2v) is 13.3. The van der Waals surface area contributed by atoms with Gasteiger partial charge in [-0.25, -0.2) is 10.0 Å². The molecule has 0 unspecified atom stereocenters. The summed E-state index contributed by atoms with van der Waals surface area (Å²) < 4.78 is 0.473. The molecule has 1 aromatic carbocycles. The minimum Gasteiger partial charge on any atom is -0.299 e. The van der Waals surface area contributed by atoms with Crippen molar-refractivity contribution in [2.45, 2.75) is 76.2 Å². The summed E-state index contributed by atoms with van der Waals surface area (Å²) in [6.45, 7) is 18.0. The minimum absolute atomic E-state index is 0.111. The van der Waals surface area contributed by atoms with Crippen molar-refractivity contribution in [1.29, 1.82) is 0 Å². The number of hydrogen-bond acceptors (Lipinski definition) is 1. The number of hydrogen-bond donors (Lipinski definition) is 0. The van der Waals surface area contributed by atoms with Gasteiger partial charge < -0.3 is 0 Å². The Morgan fingerprint density at radius 2 is 1.36 bits per heavy atom. The van der Waals surface area contributed by atoms with Crippen LogP contribution in [0.3, 0.4) is 0 Å². The van der Waals surface area contributed by atoms with Gasteiger partial charge >= 0.3 is 0 Å². The Morgan fingerprint density at radius 3 is 1.68 bits per heavy atom. The average molecular weight is 323 g/mol. The van der Waals surface area contributed by atoms with Crippen LogP contribution in [0.2, 0.25) is 0 Å². The second kappa shape index (κ2) is 6.39. The van der Waals surface area contributed by atoms with Crippen LogP contribution in [0.25, 0.3) is 0 Å². The molecule has 0 fully saturated rings. The van der Waals surface area contributed by atoms with Crippen LogP contribution < -0.4 is 0 Å². The largest absolute Gasteiger partial charge is 0.299 e.